The standard InChI is InChI=1S/C10H16N2S/c1-10(2)5-8(10)9-12-7(3-4-11)6-13-9/h6,8H,3-5,11H2,1-2H3. The lowest BCUT2D eigenvalue weighted by Crippen LogP contribution is -2.02. The molecule has 0 aromatic carbocycles. The van der Waals surface area contributed by atoms with E-state index in [1.165, 1.54) is 17.1 Å². The predicted octanol–water partition coefficient (Wildman–Crippen LogP) is 2.16. The smallest absolute Gasteiger partial charge is 0.0964 e. The summed E-state index contributed by atoms with van der Waals surface area (Å²) in [4.78, 5) is 4.60. The maximum Gasteiger partial charge on any atom is 0.0964 e. The van der Waals surface area contributed by atoms with E-state index in [4.69, 9.17) is 5.73 Å². The van der Waals surface area contributed by atoms with Crippen molar-refractivity contribution in [1.82, 2.24) is 4.98 Å². The Morgan fingerprint density at radius 1 is 1.69 bits per heavy atom. The highest BCUT2D eigenvalue weighted by atomic mass is 32.1. The Balaban J connectivity index is 2.07. The summed E-state index contributed by atoms with van der Waals surface area (Å²) in [6.45, 7) is 5.32. The molecule has 1 aromatic rings. The maximum atomic E-state index is 5.48. The minimum atomic E-state index is 0.498. The second-order valence-electron chi connectivity index (χ2n) is 4.46. The van der Waals surface area contributed by atoms with Crippen LogP contribution in [0.4, 0.5) is 0 Å². The number of nitrogens with zero attached hydrogens (tertiary/aromatic N) is 1. The van der Waals surface area contributed by atoms with E-state index in [1.54, 1.807) is 11.3 Å². The van der Waals surface area contributed by atoms with Gasteiger partial charge in [0.25, 0.3) is 0 Å². The van der Waals surface area contributed by atoms with Gasteiger partial charge in [-0.2, -0.15) is 0 Å². The van der Waals surface area contributed by atoms with Crippen molar-refractivity contribution < 1.29 is 0 Å². The number of hydrogen-bond donors (Lipinski definition) is 1. The van der Waals surface area contributed by atoms with E-state index in [0.717, 1.165) is 6.42 Å². The van der Waals surface area contributed by atoms with Crippen LogP contribution in [-0.2, 0) is 6.42 Å². The first-order chi connectivity index (χ1) is 6.13. The van der Waals surface area contributed by atoms with Gasteiger partial charge in [-0.1, -0.05) is 13.8 Å². The summed E-state index contributed by atoms with van der Waals surface area (Å²) in [6, 6.07) is 0. The number of hydrogen-bond acceptors (Lipinski definition) is 3. The molecule has 13 heavy (non-hydrogen) atoms. The molecule has 2 rings (SSSR count). The van der Waals surface area contributed by atoms with Crippen molar-refractivity contribution in [3.05, 3.63) is 16.1 Å². The van der Waals surface area contributed by atoms with Crippen LogP contribution in [0.25, 0.3) is 0 Å². The van der Waals surface area contributed by atoms with Gasteiger partial charge in [0.2, 0.25) is 0 Å². The van der Waals surface area contributed by atoms with Crippen molar-refractivity contribution in [3.63, 3.8) is 0 Å². The number of rotatable bonds is 3. The summed E-state index contributed by atoms with van der Waals surface area (Å²) < 4.78 is 0. The SMILES string of the molecule is CC1(C)CC1c1nc(CCN)cs1. The van der Waals surface area contributed by atoms with Gasteiger partial charge in [-0.05, 0) is 18.4 Å². The third-order valence-electron chi connectivity index (χ3n) is 2.78. The first-order valence-electron chi connectivity index (χ1n) is 4.78. The largest absolute Gasteiger partial charge is 0.330 e. The minimum absolute atomic E-state index is 0.498. The average molecular weight is 196 g/mol. The average Bonchev–Trinajstić information content (AvgIpc) is 2.52. The van der Waals surface area contributed by atoms with Crippen molar-refractivity contribution in [2.45, 2.75) is 32.6 Å². The van der Waals surface area contributed by atoms with E-state index >= 15 is 0 Å². The second-order valence-corrected chi connectivity index (χ2v) is 5.35. The molecule has 1 unspecified atom stereocenters. The minimum Gasteiger partial charge on any atom is -0.330 e. The van der Waals surface area contributed by atoms with Crippen LogP contribution in [0.2, 0.25) is 0 Å². The molecule has 0 bridgehead atoms. The fourth-order valence-electron chi connectivity index (χ4n) is 1.63. The topological polar surface area (TPSA) is 38.9 Å². The van der Waals surface area contributed by atoms with Crippen molar-refractivity contribution in [2.75, 3.05) is 6.54 Å². The molecule has 1 aliphatic carbocycles. The van der Waals surface area contributed by atoms with E-state index in [2.05, 4.69) is 24.2 Å². The number of nitrogens with two attached hydrogens (primary N) is 1. The van der Waals surface area contributed by atoms with E-state index in [1.807, 2.05) is 0 Å². The molecule has 1 saturated carbocycles. The van der Waals surface area contributed by atoms with Crippen LogP contribution in [0.5, 0.6) is 0 Å². The Labute approximate surface area is 83.2 Å². The van der Waals surface area contributed by atoms with E-state index in [-0.39, 0.29) is 0 Å². The zero-order valence-corrected chi connectivity index (χ0v) is 9.03. The van der Waals surface area contributed by atoms with Crippen molar-refractivity contribution in [3.8, 4) is 0 Å². The lowest BCUT2D eigenvalue weighted by molar-refractivity contribution is 0.619. The highest BCUT2D eigenvalue weighted by molar-refractivity contribution is 7.09. The van der Waals surface area contributed by atoms with Gasteiger partial charge in [-0.15, -0.1) is 11.3 Å². The fraction of sp³-hybridized carbons (Fsp3) is 0.700. The van der Waals surface area contributed by atoms with E-state index in [0.29, 0.717) is 17.9 Å². The van der Waals surface area contributed by atoms with Gasteiger partial charge in [0, 0.05) is 17.7 Å². The summed E-state index contributed by atoms with van der Waals surface area (Å²) in [5.41, 5.74) is 7.15. The molecular formula is C10H16N2S. The van der Waals surface area contributed by atoms with Gasteiger partial charge in [0.15, 0.2) is 0 Å². The molecule has 0 radical (unpaired) electrons. The Morgan fingerprint density at radius 3 is 2.92 bits per heavy atom. The molecule has 3 heteroatoms. The molecule has 0 spiro atoms. The van der Waals surface area contributed by atoms with Crippen molar-refractivity contribution in [2.24, 2.45) is 11.1 Å². The summed E-state index contributed by atoms with van der Waals surface area (Å²) in [7, 11) is 0. The molecule has 2 nitrogen and oxygen atoms in total. The third kappa shape index (κ3) is 1.76. The monoisotopic (exact) mass is 196 g/mol. The van der Waals surface area contributed by atoms with Gasteiger partial charge < -0.3 is 5.73 Å². The van der Waals surface area contributed by atoms with E-state index < -0.39 is 0 Å². The van der Waals surface area contributed by atoms with Crippen LogP contribution in [0, 0.1) is 5.41 Å². The first kappa shape index (κ1) is 9.16. The van der Waals surface area contributed by atoms with Gasteiger partial charge in [-0.3, -0.25) is 0 Å². The van der Waals surface area contributed by atoms with Crippen LogP contribution in [-0.4, -0.2) is 11.5 Å². The maximum absolute atomic E-state index is 5.48. The Bertz CT molecular complexity index is 304. The first-order valence-corrected chi connectivity index (χ1v) is 5.66. The molecular weight excluding hydrogens is 180 g/mol. The van der Waals surface area contributed by atoms with Gasteiger partial charge in [-0.25, -0.2) is 4.98 Å². The molecule has 1 fully saturated rings. The quantitative estimate of drug-likeness (QED) is 0.804. The molecule has 0 saturated heterocycles. The zero-order valence-electron chi connectivity index (χ0n) is 8.21. The van der Waals surface area contributed by atoms with Crippen LogP contribution in [0.3, 0.4) is 0 Å². The Kier molecular flexibility index (Phi) is 2.16. The third-order valence-corrected chi connectivity index (χ3v) is 3.79. The summed E-state index contributed by atoms with van der Waals surface area (Å²) in [6.07, 6.45) is 2.21. The van der Waals surface area contributed by atoms with Crippen molar-refractivity contribution in [1.29, 1.82) is 0 Å². The lowest BCUT2D eigenvalue weighted by atomic mass is 10.1. The van der Waals surface area contributed by atoms with Crippen LogP contribution < -0.4 is 5.73 Å². The molecule has 1 heterocycles. The second kappa shape index (κ2) is 3.07. The van der Waals surface area contributed by atoms with Crippen molar-refractivity contribution >= 4 is 11.3 Å². The normalized spacial score (nSPS) is 24.7. The lowest BCUT2D eigenvalue weighted by Gasteiger charge is -1.97. The predicted molar refractivity (Wildman–Crippen MR) is 56.0 cm³/mol. The van der Waals surface area contributed by atoms with Gasteiger partial charge in [0.05, 0.1) is 10.7 Å². The Morgan fingerprint density at radius 2 is 2.38 bits per heavy atom. The summed E-state index contributed by atoms with van der Waals surface area (Å²) >= 11 is 1.80. The number of aromatic nitrogens is 1. The highest BCUT2D eigenvalue weighted by Crippen LogP contribution is 2.59. The molecule has 2 N–H and O–H groups in total. The number of thiazole rings is 1. The zero-order chi connectivity index (χ0) is 9.47. The summed E-state index contributed by atoms with van der Waals surface area (Å²) in [5, 5.41) is 3.46. The molecule has 1 aromatic heterocycles. The van der Waals surface area contributed by atoms with E-state index in [9.17, 15) is 0 Å². The molecule has 1 aliphatic rings. The van der Waals surface area contributed by atoms with Gasteiger partial charge >= 0.3 is 0 Å². The Hall–Kier alpha value is -0.410. The summed E-state index contributed by atoms with van der Waals surface area (Å²) in [5.74, 6) is 0.712. The molecule has 0 aliphatic heterocycles. The van der Waals surface area contributed by atoms with Crippen LogP contribution >= 0.6 is 11.3 Å². The highest BCUT2D eigenvalue weighted by Gasteiger charge is 2.48. The molecule has 0 amide bonds. The van der Waals surface area contributed by atoms with Crippen LogP contribution in [0.1, 0.15) is 36.9 Å². The van der Waals surface area contributed by atoms with Gasteiger partial charge in [0.1, 0.15) is 0 Å². The molecule has 72 valence electrons. The van der Waals surface area contributed by atoms with Crippen LogP contribution in [0.15, 0.2) is 5.38 Å². The fourth-order valence-corrected chi connectivity index (χ4v) is 2.80. The molecule has 1 atom stereocenters.